The van der Waals surface area contributed by atoms with Gasteiger partial charge in [-0.15, -0.1) is 0 Å². The molecule has 0 bridgehead atoms. The third-order valence-corrected chi connectivity index (χ3v) is 6.96. The Labute approximate surface area is 228 Å². The van der Waals surface area contributed by atoms with E-state index in [2.05, 4.69) is 27.3 Å². The molecule has 4 rings (SSSR count). The number of halogens is 1. The van der Waals surface area contributed by atoms with Crippen LogP contribution in [0.25, 0.3) is 6.08 Å². The number of hydrogen-bond donors (Lipinski definition) is 1. The predicted octanol–water partition coefficient (Wildman–Crippen LogP) is 6.41. The van der Waals surface area contributed by atoms with Crippen LogP contribution < -0.4 is 14.8 Å². The summed E-state index contributed by atoms with van der Waals surface area (Å²) in [6.07, 6.45) is 1.61. The number of nitrogens with one attached hydrogen (secondary N) is 1. The molecule has 1 heterocycles. The number of para-hydroxylation sites is 1. The summed E-state index contributed by atoms with van der Waals surface area (Å²) in [4.78, 5) is 39.1. The number of rotatable bonds is 9. The summed E-state index contributed by atoms with van der Waals surface area (Å²) in [6.45, 7) is 4.36. The van der Waals surface area contributed by atoms with Crippen molar-refractivity contribution in [3.8, 4) is 11.5 Å². The Balaban J connectivity index is 1.45. The highest BCUT2D eigenvalue weighted by molar-refractivity contribution is 9.10. The number of nitrogens with zero attached hydrogens (tertiary/aromatic N) is 1. The van der Waals surface area contributed by atoms with Gasteiger partial charge in [-0.25, -0.2) is 0 Å². The van der Waals surface area contributed by atoms with E-state index in [9.17, 15) is 14.4 Å². The molecule has 1 N–H and O–H groups in total. The van der Waals surface area contributed by atoms with Crippen LogP contribution in [0.15, 0.2) is 76.1 Å². The Morgan fingerprint density at radius 1 is 1.03 bits per heavy atom. The van der Waals surface area contributed by atoms with Gasteiger partial charge in [-0.05, 0) is 83.0 Å². The molecule has 0 unspecified atom stereocenters. The van der Waals surface area contributed by atoms with Gasteiger partial charge < -0.3 is 14.8 Å². The van der Waals surface area contributed by atoms with Crippen molar-refractivity contribution in [3.05, 3.63) is 92.8 Å². The van der Waals surface area contributed by atoms with Crippen LogP contribution in [-0.2, 0) is 16.2 Å². The van der Waals surface area contributed by atoms with Gasteiger partial charge in [0.2, 0.25) is 5.91 Å². The Bertz CT molecular complexity index is 1370. The molecular weight excluding hydrogens is 556 g/mol. The van der Waals surface area contributed by atoms with Crippen molar-refractivity contribution in [1.82, 2.24) is 4.90 Å². The fourth-order valence-corrected chi connectivity index (χ4v) is 4.87. The van der Waals surface area contributed by atoms with Gasteiger partial charge in [0.1, 0.15) is 13.2 Å². The fourth-order valence-electron chi connectivity index (χ4n) is 3.65. The number of anilines is 1. The third kappa shape index (κ3) is 6.81. The van der Waals surface area contributed by atoms with Gasteiger partial charge in [0.25, 0.3) is 11.1 Å². The third-order valence-electron chi connectivity index (χ3n) is 5.37. The normalized spacial score (nSPS) is 14.2. The Kier molecular flexibility index (Phi) is 8.68. The molecule has 1 saturated heterocycles. The Morgan fingerprint density at radius 3 is 2.59 bits per heavy atom. The SMILES string of the molecule is CCOc1cc(/C=C2\SC(=O)N(CC(=O)Nc3ccccc3Br)C2=O)ccc1OCc1cccc(C)c1. The van der Waals surface area contributed by atoms with Crippen molar-refractivity contribution in [2.24, 2.45) is 0 Å². The lowest BCUT2D eigenvalue weighted by Gasteiger charge is -2.13. The van der Waals surface area contributed by atoms with Crippen molar-refractivity contribution >= 4 is 56.5 Å². The molecule has 0 spiro atoms. The molecule has 190 valence electrons. The Morgan fingerprint density at radius 2 is 1.84 bits per heavy atom. The van der Waals surface area contributed by atoms with Gasteiger partial charge in [-0.2, -0.15) is 0 Å². The summed E-state index contributed by atoms with van der Waals surface area (Å²) in [7, 11) is 0. The molecular formula is C28H25BrN2O5S. The maximum absolute atomic E-state index is 12.9. The topological polar surface area (TPSA) is 84.9 Å². The van der Waals surface area contributed by atoms with Crippen LogP contribution in [0.1, 0.15) is 23.6 Å². The van der Waals surface area contributed by atoms with Crippen molar-refractivity contribution in [3.63, 3.8) is 0 Å². The van der Waals surface area contributed by atoms with Crippen LogP contribution in [0.4, 0.5) is 10.5 Å². The second-order valence-corrected chi connectivity index (χ2v) is 10.1. The molecule has 1 aliphatic heterocycles. The second-order valence-electron chi connectivity index (χ2n) is 8.21. The zero-order valence-electron chi connectivity index (χ0n) is 20.3. The lowest BCUT2D eigenvalue weighted by molar-refractivity contribution is -0.127. The van der Waals surface area contributed by atoms with Crippen LogP contribution in [-0.4, -0.2) is 35.1 Å². The molecule has 0 radical (unpaired) electrons. The highest BCUT2D eigenvalue weighted by atomic mass is 79.9. The van der Waals surface area contributed by atoms with Gasteiger partial charge in [-0.3, -0.25) is 19.3 Å². The average Bonchev–Trinajstić information content (AvgIpc) is 3.12. The minimum atomic E-state index is -0.519. The lowest BCUT2D eigenvalue weighted by atomic mass is 10.1. The number of amides is 3. The highest BCUT2D eigenvalue weighted by Gasteiger charge is 2.36. The molecule has 9 heteroatoms. The molecule has 3 amide bonds. The first-order valence-electron chi connectivity index (χ1n) is 11.6. The van der Waals surface area contributed by atoms with E-state index in [0.29, 0.717) is 40.4 Å². The average molecular weight is 581 g/mol. The molecule has 7 nitrogen and oxygen atoms in total. The van der Waals surface area contributed by atoms with E-state index in [0.717, 1.165) is 27.8 Å². The van der Waals surface area contributed by atoms with E-state index >= 15 is 0 Å². The predicted molar refractivity (Wildman–Crippen MR) is 149 cm³/mol. The number of hydrogen-bond acceptors (Lipinski definition) is 6. The summed E-state index contributed by atoms with van der Waals surface area (Å²) in [5.74, 6) is 0.132. The molecule has 0 saturated carbocycles. The molecule has 1 fully saturated rings. The quantitative estimate of drug-likeness (QED) is 0.294. The zero-order chi connectivity index (χ0) is 26.4. The zero-order valence-corrected chi connectivity index (χ0v) is 22.7. The molecule has 3 aromatic rings. The Hall–Kier alpha value is -3.56. The maximum atomic E-state index is 12.9. The summed E-state index contributed by atoms with van der Waals surface area (Å²) >= 11 is 4.16. The molecule has 0 aromatic heterocycles. The molecule has 37 heavy (non-hydrogen) atoms. The van der Waals surface area contributed by atoms with E-state index in [-0.39, 0.29) is 11.4 Å². The van der Waals surface area contributed by atoms with Crippen LogP contribution in [0.5, 0.6) is 11.5 Å². The molecule has 0 atom stereocenters. The summed E-state index contributed by atoms with van der Waals surface area (Å²) < 4.78 is 12.4. The summed E-state index contributed by atoms with van der Waals surface area (Å²) in [6, 6.07) is 20.5. The number of imide groups is 1. The standard InChI is InChI=1S/C28H25BrN2O5S/c1-3-35-24-14-19(11-12-23(24)36-17-20-8-6-7-18(2)13-20)15-25-27(33)31(28(34)37-25)16-26(32)30-22-10-5-4-9-21(22)29/h4-15H,3,16-17H2,1-2H3,(H,30,32)/b25-15-. The van der Waals surface area contributed by atoms with Crippen molar-refractivity contribution < 1.29 is 23.9 Å². The van der Waals surface area contributed by atoms with E-state index in [4.69, 9.17) is 9.47 Å². The monoisotopic (exact) mass is 580 g/mol. The van der Waals surface area contributed by atoms with Gasteiger partial charge in [0, 0.05) is 4.47 Å². The van der Waals surface area contributed by atoms with Crippen molar-refractivity contribution in [1.29, 1.82) is 0 Å². The van der Waals surface area contributed by atoms with Gasteiger partial charge >= 0.3 is 0 Å². The van der Waals surface area contributed by atoms with Crippen LogP contribution in [0.3, 0.4) is 0 Å². The first-order chi connectivity index (χ1) is 17.8. The van der Waals surface area contributed by atoms with Crippen LogP contribution >= 0.6 is 27.7 Å². The molecule has 3 aromatic carbocycles. The number of carbonyl (C=O) groups is 3. The first-order valence-corrected chi connectivity index (χ1v) is 13.2. The van der Waals surface area contributed by atoms with Crippen LogP contribution in [0, 0.1) is 6.92 Å². The number of carbonyl (C=O) groups excluding carboxylic acids is 3. The van der Waals surface area contributed by atoms with Gasteiger partial charge in [0.05, 0.1) is 17.2 Å². The minimum absolute atomic E-state index is 0.231. The van der Waals surface area contributed by atoms with E-state index < -0.39 is 17.1 Å². The number of ether oxygens (including phenoxy) is 2. The fraction of sp³-hybridized carbons (Fsp3) is 0.179. The summed E-state index contributed by atoms with van der Waals surface area (Å²) in [5, 5.41) is 2.21. The van der Waals surface area contributed by atoms with E-state index in [1.165, 1.54) is 0 Å². The minimum Gasteiger partial charge on any atom is -0.490 e. The van der Waals surface area contributed by atoms with Gasteiger partial charge in [0.15, 0.2) is 11.5 Å². The lowest BCUT2D eigenvalue weighted by Crippen LogP contribution is -2.36. The highest BCUT2D eigenvalue weighted by Crippen LogP contribution is 2.35. The van der Waals surface area contributed by atoms with E-state index in [1.807, 2.05) is 38.1 Å². The molecule has 1 aliphatic rings. The van der Waals surface area contributed by atoms with Gasteiger partial charge in [-0.1, -0.05) is 48.0 Å². The number of aryl methyl sites for hydroxylation is 1. The summed E-state index contributed by atoms with van der Waals surface area (Å²) in [5.41, 5.74) is 3.43. The maximum Gasteiger partial charge on any atom is 0.294 e. The van der Waals surface area contributed by atoms with E-state index in [1.54, 1.807) is 42.5 Å². The second kappa shape index (κ2) is 12.1. The van der Waals surface area contributed by atoms with Crippen molar-refractivity contribution in [2.75, 3.05) is 18.5 Å². The van der Waals surface area contributed by atoms with Crippen LogP contribution in [0.2, 0.25) is 0 Å². The number of benzene rings is 3. The first kappa shape index (κ1) is 26.5. The smallest absolute Gasteiger partial charge is 0.294 e. The molecule has 0 aliphatic carbocycles. The number of thioether (sulfide) groups is 1. The van der Waals surface area contributed by atoms with Crippen molar-refractivity contribution in [2.45, 2.75) is 20.5 Å². The largest absolute Gasteiger partial charge is 0.490 e.